The average Bonchev–Trinajstić information content (AvgIpc) is 2.91. The van der Waals surface area contributed by atoms with Gasteiger partial charge in [0.05, 0.1) is 6.42 Å². The maximum absolute atomic E-state index is 11.8. The number of amides is 2. The summed E-state index contributed by atoms with van der Waals surface area (Å²) in [6.45, 7) is 0.667. The number of urea groups is 1. The van der Waals surface area contributed by atoms with Gasteiger partial charge in [0.1, 0.15) is 0 Å². The predicted octanol–water partition coefficient (Wildman–Crippen LogP) is 2.19. The number of aliphatic carboxylic acids is 1. The van der Waals surface area contributed by atoms with Crippen LogP contribution in [0, 0.1) is 5.92 Å². The molecule has 0 aromatic heterocycles. The number of carboxylic acids is 1. The van der Waals surface area contributed by atoms with Crippen LogP contribution in [-0.2, 0) is 11.2 Å². The van der Waals surface area contributed by atoms with Crippen LogP contribution in [0.2, 0.25) is 0 Å². The first-order chi connectivity index (χ1) is 9.65. The molecule has 1 aromatic rings. The first kappa shape index (κ1) is 14.7. The van der Waals surface area contributed by atoms with Gasteiger partial charge in [-0.25, -0.2) is 4.79 Å². The highest BCUT2D eigenvalue weighted by atomic mass is 32.2. The maximum Gasteiger partial charge on any atom is 0.319 e. The van der Waals surface area contributed by atoms with Crippen molar-refractivity contribution in [1.82, 2.24) is 5.32 Å². The van der Waals surface area contributed by atoms with Crippen molar-refractivity contribution in [3.8, 4) is 0 Å². The molecule has 1 saturated heterocycles. The summed E-state index contributed by atoms with van der Waals surface area (Å²) < 4.78 is 0. The van der Waals surface area contributed by atoms with Gasteiger partial charge in [-0.2, -0.15) is 11.8 Å². The summed E-state index contributed by atoms with van der Waals surface area (Å²) in [6, 6.07) is 6.67. The van der Waals surface area contributed by atoms with Crippen LogP contribution in [0.3, 0.4) is 0 Å². The molecule has 1 heterocycles. The van der Waals surface area contributed by atoms with Gasteiger partial charge in [0.25, 0.3) is 0 Å². The lowest BCUT2D eigenvalue weighted by molar-refractivity contribution is -0.136. The normalized spacial score (nSPS) is 17.7. The second-order valence-corrected chi connectivity index (χ2v) is 5.94. The third-order valence-corrected chi connectivity index (χ3v) is 4.41. The fraction of sp³-hybridized carbons (Fsp3) is 0.429. The lowest BCUT2D eigenvalue weighted by Gasteiger charge is -2.13. The molecular formula is C14H18N2O3S. The van der Waals surface area contributed by atoms with E-state index in [0.29, 0.717) is 23.7 Å². The number of carbonyl (C=O) groups is 2. The molecule has 108 valence electrons. The lowest BCUT2D eigenvalue weighted by Crippen LogP contribution is -2.33. The summed E-state index contributed by atoms with van der Waals surface area (Å²) in [6.07, 6.45) is 1.04. The second kappa shape index (κ2) is 7.19. The molecule has 1 aliphatic rings. The number of hydrogen-bond acceptors (Lipinski definition) is 3. The van der Waals surface area contributed by atoms with Crippen LogP contribution in [0.4, 0.5) is 10.5 Å². The number of rotatable bonds is 5. The lowest BCUT2D eigenvalue weighted by atomic mass is 10.1. The zero-order valence-electron chi connectivity index (χ0n) is 11.1. The number of hydrogen-bond donors (Lipinski definition) is 3. The second-order valence-electron chi connectivity index (χ2n) is 4.79. The molecule has 0 bridgehead atoms. The molecule has 6 heteroatoms. The number of carbonyl (C=O) groups excluding carboxylic acids is 1. The smallest absolute Gasteiger partial charge is 0.319 e. The number of para-hydroxylation sites is 1. The van der Waals surface area contributed by atoms with Crippen molar-refractivity contribution >= 4 is 29.4 Å². The Bertz CT molecular complexity index is 487. The minimum Gasteiger partial charge on any atom is -0.481 e. The van der Waals surface area contributed by atoms with Gasteiger partial charge >= 0.3 is 12.0 Å². The third-order valence-electron chi connectivity index (χ3n) is 3.18. The van der Waals surface area contributed by atoms with E-state index in [1.54, 1.807) is 24.3 Å². The molecule has 0 saturated carbocycles. The predicted molar refractivity (Wildman–Crippen MR) is 80.2 cm³/mol. The van der Waals surface area contributed by atoms with Crippen molar-refractivity contribution in [2.24, 2.45) is 5.92 Å². The summed E-state index contributed by atoms with van der Waals surface area (Å²) in [4.78, 5) is 22.6. The van der Waals surface area contributed by atoms with Crippen molar-refractivity contribution in [2.75, 3.05) is 23.4 Å². The standard InChI is InChI=1S/C14H18N2O3S/c17-13(18)7-11-3-1-2-4-12(11)16-14(19)15-8-10-5-6-20-9-10/h1-4,10H,5-9H2,(H,17,18)(H2,15,16,19). The molecule has 0 radical (unpaired) electrons. The Kier molecular flexibility index (Phi) is 5.29. The molecule has 2 rings (SSSR count). The zero-order valence-corrected chi connectivity index (χ0v) is 11.9. The Morgan fingerprint density at radius 3 is 2.85 bits per heavy atom. The first-order valence-corrected chi connectivity index (χ1v) is 7.73. The van der Waals surface area contributed by atoms with Gasteiger partial charge in [-0.1, -0.05) is 18.2 Å². The van der Waals surface area contributed by atoms with E-state index in [0.717, 1.165) is 17.9 Å². The first-order valence-electron chi connectivity index (χ1n) is 6.57. The third kappa shape index (κ3) is 4.45. The SMILES string of the molecule is O=C(O)Cc1ccccc1NC(=O)NCC1CCSC1. The highest BCUT2D eigenvalue weighted by Crippen LogP contribution is 2.22. The van der Waals surface area contributed by atoms with E-state index in [-0.39, 0.29) is 12.5 Å². The van der Waals surface area contributed by atoms with E-state index in [4.69, 9.17) is 5.11 Å². The van der Waals surface area contributed by atoms with E-state index in [1.807, 2.05) is 11.8 Å². The van der Waals surface area contributed by atoms with E-state index < -0.39 is 5.97 Å². The molecule has 3 N–H and O–H groups in total. The van der Waals surface area contributed by atoms with Crippen LogP contribution in [0.25, 0.3) is 0 Å². The van der Waals surface area contributed by atoms with E-state index in [2.05, 4.69) is 10.6 Å². The van der Waals surface area contributed by atoms with Gasteiger partial charge in [0, 0.05) is 12.2 Å². The van der Waals surface area contributed by atoms with Crippen molar-refractivity contribution in [1.29, 1.82) is 0 Å². The van der Waals surface area contributed by atoms with Gasteiger partial charge in [0.2, 0.25) is 0 Å². The number of benzene rings is 1. The van der Waals surface area contributed by atoms with Crippen LogP contribution < -0.4 is 10.6 Å². The van der Waals surface area contributed by atoms with Gasteiger partial charge < -0.3 is 15.7 Å². The number of thioether (sulfide) groups is 1. The molecule has 1 atom stereocenters. The van der Waals surface area contributed by atoms with Gasteiger partial charge in [0.15, 0.2) is 0 Å². The Morgan fingerprint density at radius 2 is 2.15 bits per heavy atom. The molecule has 1 aromatic carbocycles. The highest BCUT2D eigenvalue weighted by Gasteiger charge is 2.16. The fourth-order valence-corrected chi connectivity index (χ4v) is 3.39. The summed E-state index contributed by atoms with van der Waals surface area (Å²) >= 11 is 1.91. The molecule has 2 amide bonds. The molecular weight excluding hydrogens is 276 g/mol. The monoisotopic (exact) mass is 294 g/mol. The van der Waals surface area contributed by atoms with Crippen LogP contribution in [0.15, 0.2) is 24.3 Å². The molecule has 1 fully saturated rings. The Balaban J connectivity index is 1.88. The molecule has 5 nitrogen and oxygen atoms in total. The van der Waals surface area contributed by atoms with Crippen LogP contribution >= 0.6 is 11.8 Å². The van der Waals surface area contributed by atoms with E-state index >= 15 is 0 Å². The molecule has 0 spiro atoms. The summed E-state index contributed by atoms with van der Waals surface area (Å²) in [7, 11) is 0. The minimum atomic E-state index is -0.914. The van der Waals surface area contributed by atoms with Crippen molar-refractivity contribution in [3.63, 3.8) is 0 Å². The van der Waals surface area contributed by atoms with Crippen molar-refractivity contribution in [2.45, 2.75) is 12.8 Å². The summed E-state index contributed by atoms with van der Waals surface area (Å²) in [5.74, 6) is 1.88. The Labute approximate surface area is 122 Å². The molecule has 1 unspecified atom stereocenters. The highest BCUT2D eigenvalue weighted by molar-refractivity contribution is 7.99. The zero-order chi connectivity index (χ0) is 14.4. The quantitative estimate of drug-likeness (QED) is 0.778. The van der Waals surface area contributed by atoms with E-state index in [9.17, 15) is 9.59 Å². The Hall–Kier alpha value is -1.69. The van der Waals surface area contributed by atoms with Gasteiger partial charge in [-0.3, -0.25) is 4.79 Å². The van der Waals surface area contributed by atoms with Crippen LogP contribution in [-0.4, -0.2) is 35.2 Å². The molecule has 0 aliphatic carbocycles. The number of nitrogens with one attached hydrogen (secondary N) is 2. The maximum atomic E-state index is 11.8. The van der Waals surface area contributed by atoms with Crippen LogP contribution in [0.1, 0.15) is 12.0 Å². The largest absolute Gasteiger partial charge is 0.481 e. The van der Waals surface area contributed by atoms with Gasteiger partial charge in [-0.15, -0.1) is 0 Å². The van der Waals surface area contributed by atoms with Gasteiger partial charge in [-0.05, 0) is 35.5 Å². The molecule has 20 heavy (non-hydrogen) atoms. The minimum absolute atomic E-state index is 0.101. The number of anilines is 1. The average molecular weight is 294 g/mol. The fourth-order valence-electron chi connectivity index (χ4n) is 2.11. The summed E-state index contributed by atoms with van der Waals surface area (Å²) in [5, 5.41) is 14.4. The van der Waals surface area contributed by atoms with E-state index in [1.165, 1.54) is 0 Å². The molecule has 1 aliphatic heterocycles. The Morgan fingerprint density at radius 1 is 1.35 bits per heavy atom. The van der Waals surface area contributed by atoms with Crippen molar-refractivity contribution in [3.05, 3.63) is 29.8 Å². The number of carboxylic acid groups (broad SMARTS) is 1. The topological polar surface area (TPSA) is 78.4 Å². The van der Waals surface area contributed by atoms with Crippen molar-refractivity contribution < 1.29 is 14.7 Å². The summed E-state index contributed by atoms with van der Waals surface area (Å²) in [5.41, 5.74) is 1.15. The van der Waals surface area contributed by atoms with Crippen LogP contribution in [0.5, 0.6) is 0 Å².